The zero-order chi connectivity index (χ0) is 22.3. The van der Waals surface area contributed by atoms with Crippen LogP contribution in [-0.2, 0) is 14.8 Å². The molecule has 2 amide bonds. The van der Waals surface area contributed by atoms with Crippen LogP contribution < -0.4 is 10.1 Å². The first-order valence-electron chi connectivity index (χ1n) is 9.84. The molecule has 0 radical (unpaired) electrons. The van der Waals surface area contributed by atoms with Crippen molar-refractivity contribution in [3.05, 3.63) is 53.3 Å². The topological polar surface area (TPSA) is 96.0 Å². The zero-order valence-electron chi connectivity index (χ0n) is 17.1. The molecule has 0 spiro atoms. The van der Waals surface area contributed by atoms with Gasteiger partial charge in [0.2, 0.25) is 10.0 Å². The maximum atomic E-state index is 13.8. The number of piperazine rings is 1. The number of nitrogens with one attached hydrogen (secondary N) is 1. The third kappa shape index (κ3) is 4.00. The zero-order valence-corrected chi connectivity index (χ0v) is 17.9. The van der Waals surface area contributed by atoms with E-state index in [1.807, 2.05) is 0 Å². The molecule has 0 aromatic heterocycles. The predicted octanol–water partition coefficient (Wildman–Crippen LogP) is 2.00. The van der Waals surface area contributed by atoms with Gasteiger partial charge in [-0.25, -0.2) is 12.8 Å². The number of amides is 2. The highest BCUT2D eigenvalue weighted by Gasteiger charge is 2.32. The van der Waals surface area contributed by atoms with Crippen LogP contribution in [0.25, 0.3) is 0 Å². The minimum absolute atomic E-state index is 0.0325. The number of nitrogens with zero attached hydrogens (tertiary/aromatic N) is 2. The summed E-state index contributed by atoms with van der Waals surface area (Å²) in [4.78, 5) is 26.0. The van der Waals surface area contributed by atoms with E-state index < -0.39 is 21.9 Å². The highest BCUT2D eigenvalue weighted by molar-refractivity contribution is 7.89. The summed E-state index contributed by atoms with van der Waals surface area (Å²) >= 11 is 0. The van der Waals surface area contributed by atoms with Gasteiger partial charge in [-0.1, -0.05) is 6.07 Å². The van der Waals surface area contributed by atoms with Crippen molar-refractivity contribution >= 4 is 27.5 Å². The number of benzene rings is 2. The van der Waals surface area contributed by atoms with Crippen LogP contribution in [-0.4, -0.2) is 61.7 Å². The van der Waals surface area contributed by atoms with Crippen LogP contribution in [0, 0.1) is 12.7 Å². The van der Waals surface area contributed by atoms with E-state index in [0.29, 0.717) is 17.0 Å². The Morgan fingerprint density at radius 1 is 1.13 bits per heavy atom. The third-order valence-corrected chi connectivity index (χ3v) is 7.36. The van der Waals surface area contributed by atoms with Crippen LogP contribution in [0.15, 0.2) is 41.3 Å². The fourth-order valence-electron chi connectivity index (χ4n) is 3.54. The first-order valence-corrected chi connectivity index (χ1v) is 11.3. The number of rotatable bonds is 3. The fourth-order valence-corrected chi connectivity index (χ4v) is 4.99. The number of ether oxygens (including phenoxy) is 1. The summed E-state index contributed by atoms with van der Waals surface area (Å²) in [7, 11) is -3.82. The molecule has 1 N–H and O–H groups in total. The molecule has 31 heavy (non-hydrogen) atoms. The Bertz CT molecular complexity index is 1160. The third-order valence-electron chi connectivity index (χ3n) is 5.46. The van der Waals surface area contributed by atoms with Gasteiger partial charge < -0.3 is 15.0 Å². The number of carbonyl (C=O) groups is 2. The SMILES string of the molecule is Cc1ccc(C(=O)N2CCN(S(=O)(=O)c3ccc4c(c3)NC(=O)[C@H](C)O4)CC2)cc1F. The molecule has 0 bridgehead atoms. The normalized spacial score (nSPS) is 19.4. The summed E-state index contributed by atoms with van der Waals surface area (Å²) in [6.45, 7) is 3.82. The molecule has 0 saturated carbocycles. The maximum absolute atomic E-state index is 13.8. The lowest BCUT2D eigenvalue weighted by molar-refractivity contribution is -0.122. The quantitative estimate of drug-likeness (QED) is 0.777. The summed E-state index contributed by atoms with van der Waals surface area (Å²) < 4.78 is 46.7. The van der Waals surface area contributed by atoms with Gasteiger partial charge in [0.15, 0.2) is 6.10 Å². The first-order chi connectivity index (χ1) is 14.7. The van der Waals surface area contributed by atoms with Crippen molar-refractivity contribution in [3.8, 4) is 5.75 Å². The van der Waals surface area contributed by atoms with Gasteiger partial charge in [-0.2, -0.15) is 4.31 Å². The van der Waals surface area contributed by atoms with Crippen LogP contribution in [0.3, 0.4) is 0 Å². The standard InChI is InChI=1S/C21H22FN3O5S/c1-13-3-4-15(11-17(13)22)21(27)24-7-9-25(10-8-24)31(28,29)16-5-6-19-18(12-16)23-20(26)14(2)30-19/h3-6,11-12,14H,7-10H2,1-2H3,(H,23,26)/t14-/m0/s1. The van der Waals surface area contributed by atoms with Crippen molar-refractivity contribution in [2.24, 2.45) is 0 Å². The van der Waals surface area contributed by atoms with E-state index in [2.05, 4.69) is 5.32 Å². The molecule has 0 aliphatic carbocycles. The molecule has 2 aliphatic rings. The molecule has 8 nitrogen and oxygen atoms in total. The van der Waals surface area contributed by atoms with Gasteiger partial charge in [-0.15, -0.1) is 0 Å². The number of fused-ring (bicyclic) bond motifs is 1. The van der Waals surface area contributed by atoms with Crippen molar-refractivity contribution in [2.75, 3.05) is 31.5 Å². The van der Waals surface area contributed by atoms with Gasteiger partial charge in [0.05, 0.1) is 10.6 Å². The molecule has 10 heteroatoms. The Balaban J connectivity index is 1.47. The minimum Gasteiger partial charge on any atom is -0.479 e. The van der Waals surface area contributed by atoms with Crippen molar-refractivity contribution in [1.29, 1.82) is 0 Å². The number of hydrogen-bond acceptors (Lipinski definition) is 5. The average Bonchev–Trinajstić information content (AvgIpc) is 2.75. The van der Waals surface area contributed by atoms with E-state index in [-0.39, 0.29) is 48.5 Å². The van der Waals surface area contributed by atoms with E-state index in [9.17, 15) is 22.4 Å². The number of carbonyl (C=O) groups excluding carboxylic acids is 2. The maximum Gasteiger partial charge on any atom is 0.265 e. The first kappa shape index (κ1) is 21.3. The van der Waals surface area contributed by atoms with Crippen LogP contribution in [0.4, 0.5) is 10.1 Å². The second-order valence-electron chi connectivity index (χ2n) is 7.57. The predicted molar refractivity (Wildman–Crippen MR) is 111 cm³/mol. The summed E-state index contributed by atoms with van der Waals surface area (Å²) in [5.74, 6) is -0.725. The molecular formula is C21H22FN3O5S. The summed E-state index contributed by atoms with van der Waals surface area (Å²) in [5.41, 5.74) is 0.993. The molecule has 164 valence electrons. The number of hydrogen-bond donors (Lipinski definition) is 1. The van der Waals surface area contributed by atoms with E-state index >= 15 is 0 Å². The van der Waals surface area contributed by atoms with E-state index in [1.54, 1.807) is 26.0 Å². The molecule has 2 aromatic rings. The molecule has 4 rings (SSSR count). The van der Waals surface area contributed by atoms with E-state index in [0.717, 1.165) is 0 Å². The molecule has 0 unspecified atom stereocenters. The number of halogens is 1. The summed E-state index contributed by atoms with van der Waals surface area (Å²) in [6, 6.07) is 8.64. The smallest absolute Gasteiger partial charge is 0.265 e. The molecule has 2 aliphatic heterocycles. The van der Waals surface area contributed by atoms with Crippen molar-refractivity contribution < 1.29 is 27.1 Å². The van der Waals surface area contributed by atoms with Gasteiger partial charge in [0, 0.05) is 31.7 Å². The Labute approximate surface area is 179 Å². The van der Waals surface area contributed by atoms with Crippen molar-refractivity contribution in [3.63, 3.8) is 0 Å². The molecule has 1 atom stereocenters. The molecule has 1 saturated heterocycles. The van der Waals surface area contributed by atoms with Gasteiger partial charge in [0.1, 0.15) is 11.6 Å². The summed E-state index contributed by atoms with van der Waals surface area (Å²) in [6.07, 6.45) is -0.650. The molecule has 2 heterocycles. The highest BCUT2D eigenvalue weighted by Crippen LogP contribution is 2.33. The molecule has 2 aromatic carbocycles. The van der Waals surface area contributed by atoms with E-state index in [1.165, 1.54) is 33.5 Å². The van der Waals surface area contributed by atoms with Crippen molar-refractivity contribution in [2.45, 2.75) is 24.8 Å². The fraction of sp³-hybridized carbons (Fsp3) is 0.333. The number of anilines is 1. The van der Waals surface area contributed by atoms with Gasteiger partial charge >= 0.3 is 0 Å². The summed E-state index contributed by atoms with van der Waals surface area (Å²) in [5, 5.41) is 2.64. The largest absolute Gasteiger partial charge is 0.479 e. The lowest BCUT2D eigenvalue weighted by Gasteiger charge is -2.34. The highest BCUT2D eigenvalue weighted by atomic mass is 32.2. The monoisotopic (exact) mass is 447 g/mol. The Hall–Kier alpha value is -2.98. The minimum atomic E-state index is -3.82. The second-order valence-corrected chi connectivity index (χ2v) is 9.51. The number of aryl methyl sites for hydroxylation is 1. The van der Waals surface area contributed by atoms with Crippen LogP contribution in [0.5, 0.6) is 5.75 Å². The lowest BCUT2D eigenvalue weighted by atomic mass is 10.1. The Kier molecular flexibility index (Phi) is 5.44. The van der Waals surface area contributed by atoms with Crippen molar-refractivity contribution in [1.82, 2.24) is 9.21 Å². The Morgan fingerprint density at radius 2 is 1.84 bits per heavy atom. The Morgan fingerprint density at radius 3 is 2.52 bits per heavy atom. The average molecular weight is 447 g/mol. The van der Waals surface area contributed by atoms with Gasteiger partial charge in [-0.3, -0.25) is 9.59 Å². The van der Waals surface area contributed by atoms with Gasteiger partial charge in [-0.05, 0) is 49.7 Å². The molecule has 1 fully saturated rings. The van der Waals surface area contributed by atoms with Crippen LogP contribution in [0.2, 0.25) is 0 Å². The molecular weight excluding hydrogens is 425 g/mol. The van der Waals surface area contributed by atoms with Crippen LogP contribution >= 0.6 is 0 Å². The number of sulfonamides is 1. The lowest BCUT2D eigenvalue weighted by Crippen LogP contribution is -2.50. The van der Waals surface area contributed by atoms with E-state index in [4.69, 9.17) is 4.74 Å². The van der Waals surface area contributed by atoms with Crippen LogP contribution in [0.1, 0.15) is 22.8 Å². The second kappa shape index (κ2) is 7.93. The van der Waals surface area contributed by atoms with Gasteiger partial charge in [0.25, 0.3) is 11.8 Å².